The van der Waals surface area contributed by atoms with E-state index >= 15 is 0 Å². The molecule has 0 aromatic heterocycles. The summed E-state index contributed by atoms with van der Waals surface area (Å²) >= 11 is 0. The molecule has 0 aromatic rings. The van der Waals surface area contributed by atoms with E-state index in [-0.39, 0.29) is 5.92 Å². The van der Waals surface area contributed by atoms with Crippen molar-refractivity contribution in [1.29, 1.82) is 0 Å². The van der Waals surface area contributed by atoms with E-state index in [9.17, 15) is 4.79 Å². The zero-order valence-corrected chi connectivity index (χ0v) is 17.5. The maximum atomic E-state index is 12.7. The lowest BCUT2D eigenvalue weighted by molar-refractivity contribution is -0.140. The lowest BCUT2D eigenvalue weighted by Crippen LogP contribution is -2.50. The molecule has 3 fully saturated rings. The summed E-state index contributed by atoms with van der Waals surface area (Å²) in [6, 6.07) is 0. The number of ether oxygens (including phenoxy) is 2. The smallest absolute Gasteiger partial charge is 0.225 e. The molecule has 0 bridgehead atoms. The van der Waals surface area contributed by atoms with Gasteiger partial charge in [-0.25, -0.2) is 0 Å². The fourth-order valence-electron chi connectivity index (χ4n) is 4.51. The minimum atomic E-state index is 0.144. The topological polar surface area (TPSA) is 66.4 Å². The molecule has 2 aliphatic heterocycles. The van der Waals surface area contributed by atoms with Crippen molar-refractivity contribution < 1.29 is 14.3 Å². The third-order valence-electron chi connectivity index (χ3n) is 6.22. The molecule has 1 N–H and O–H groups in total. The van der Waals surface area contributed by atoms with Crippen molar-refractivity contribution in [1.82, 2.24) is 15.1 Å². The number of rotatable bonds is 5. The summed E-state index contributed by atoms with van der Waals surface area (Å²) in [5, 5.41) is 3.44. The fourth-order valence-corrected chi connectivity index (χ4v) is 4.51. The third kappa shape index (κ3) is 6.34. The van der Waals surface area contributed by atoms with Gasteiger partial charge in [0.2, 0.25) is 5.91 Å². The predicted molar refractivity (Wildman–Crippen MR) is 110 cm³/mol. The number of likely N-dealkylation sites (tertiary alicyclic amines) is 1. The van der Waals surface area contributed by atoms with Gasteiger partial charge >= 0.3 is 0 Å². The van der Waals surface area contributed by atoms with Crippen molar-refractivity contribution in [3.8, 4) is 0 Å². The molecule has 1 saturated carbocycles. The Hall–Kier alpha value is -1.34. The molecule has 0 radical (unpaired) electrons. The summed E-state index contributed by atoms with van der Waals surface area (Å²) in [7, 11) is 1.83. The highest BCUT2D eigenvalue weighted by atomic mass is 16.5. The van der Waals surface area contributed by atoms with Crippen LogP contribution in [0.2, 0.25) is 0 Å². The highest BCUT2D eigenvalue weighted by molar-refractivity contribution is 5.81. The van der Waals surface area contributed by atoms with Gasteiger partial charge in [-0.2, -0.15) is 0 Å². The van der Waals surface area contributed by atoms with Gasteiger partial charge in [0.15, 0.2) is 5.96 Å². The summed E-state index contributed by atoms with van der Waals surface area (Å²) in [5.41, 5.74) is 0. The molecule has 2 heterocycles. The molecule has 1 amide bonds. The van der Waals surface area contributed by atoms with Gasteiger partial charge in [0.1, 0.15) is 0 Å². The Labute approximate surface area is 169 Å². The number of morpholine rings is 1. The molecule has 7 heteroatoms. The Morgan fingerprint density at radius 2 is 1.68 bits per heavy atom. The van der Waals surface area contributed by atoms with E-state index in [2.05, 4.69) is 15.2 Å². The molecule has 0 unspecified atom stereocenters. The first-order valence-electron chi connectivity index (χ1n) is 11.2. The molecule has 28 heavy (non-hydrogen) atoms. The number of guanidine groups is 1. The molecule has 3 aliphatic rings. The van der Waals surface area contributed by atoms with Crippen LogP contribution in [0.3, 0.4) is 0 Å². The van der Waals surface area contributed by atoms with Crippen molar-refractivity contribution in [3.63, 3.8) is 0 Å². The minimum Gasteiger partial charge on any atom is -0.378 e. The quantitative estimate of drug-likeness (QED) is 0.334. The zero-order chi connectivity index (χ0) is 19.6. The summed E-state index contributed by atoms with van der Waals surface area (Å²) < 4.78 is 11.4. The van der Waals surface area contributed by atoms with Crippen LogP contribution in [0.15, 0.2) is 4.99 Å². The number of hydrogen-bond donors (Lipinski definition) is 1. The summed E-state index contributed by atoms with van der Waals surface area (Å²) in [4.78, 5) is 21.4. The van der Waals surface area contributed by atoms with Crippen LogP contribution in [0.4, 0.5) is 0 Å². The van der Waals surface area contributed by atoms with Crippen molar-refractivity contribution in [2.75, 3.05) is 59.6 Å². The largest absolute Gasteiger partial charge is 0.378 e. The number of carbonyl (C=O) groups excluding carboxylic acids is 1. The van der Waals surface area contributed by atoms with E-state index in [1.54, 1.807) is 0 Å². The number of nitrogens with zero attached hydrogens (tertiary/aromatic N) is 3. The van der Waals surface area contributed by atoms with Gasteiger partial charge in [-0.05, 0) is 25.7 Å². The molecule has 0 aromatic carbocycles. The SMILES string of the molecule is CN=C(NCCOC1CCCCCC1)N1CCC(C(=O)N2CCOCC2)CC1. The lowest BCUT2D eigenvalue weighted by Gasteiger charge is -2.36. The first-order chi connectivity index (χ1) is 13.8. The average Bonchev–Trinajstić information content (AvgIpc) is 3.03. The van der Waals surface area contributed by atoms with Gasteiger partial charge in [-0.15, -0.1) is 0 Å². The Morgan fingerprint density at radius 1 is 1.00 bits per heavy atom. The molecule has 2 saturated heterocycles. The number of nitrogens with one attached hydrogen (secondary N) is 1. The number of aliphatic imine (C=N–C) groups is 1. The van der Waals surface area contributed by atoms with Crippen LogP contribution in [-0.2, 0) is 14.3 Å². The number of carbonyl (C=O) groups is 1. The molecule has 0 atom stereocenters. The van der Waals surface area contributed by atoms with E-state index < -0.39 is 0 Å². The van der Waals surface area contributed by atoms with E-state index in [0.29, 0.717) is 25.2 Å². The first-order valence-corrected chi connectivity index (χ1v) is 11.2. The van der Waals surface area contributed by atoms with Crippen LogP contribution in [-0.4, -0.2) is 87.4 Å². The molecule has 1 aliphatic carbocycles. The van der Waals surface area contributed by atoms with E-state index in [1.807, 2.05) is 11.9 Å². The van der Waals surface area contributed by atoms with Crippen molar-refractivity contribution >= 4 is 11.9 Å². The maximum absolute atomic E-state index is 12.7. The standard InChI is InChI=1S/C21H38N4O3/c1-22-21(23-10-15-28-19-6-4-2-3-5-7-19)25-11-8-18(9-12-25)20(26)24-13-16-27-17-14-24/h18-19H,2-17H2,1H3,(H,22,23). The first kappa shape index (κ1) is 21.4. The third-order valence-corrected chi connectivity index (χ3v) is 6.22. The van der Waals surface area contributed by atoms with Crippen LogP contribution in [0, 0.1) is 5.92 Å². The summed E-state index contributed by atoms with van der Waals surface area (Å²) in [6.45, 7) is 6.10. The molecule has 3 rings (SSSR count). The minimum absolute atomic E-state index is 0.144. The summed E-state index contributed by atoms with van der Waals surface area (Å²) in [6.07, 6.45) is 9.97. The molecular formula is C21H38N4O3. The highest BCUT2D eigenvalue weighted by Crippen LogP contribution is 2.21. The Kier molecular flexibility index (Phi) is 8.86. The zero-order valence-electron chi connectivity index (χ0n) is 17.5. The van der Waals surface area contributed by atoms with Crippen LogP contribution < -0.4 is 5.32 Å². The van der Waals surface area contributed by atoms with Gasteiger partial charge in [0.05, 0.1) is 25.9 Å². The van der Waals surface area contributed by atoms with Crippen LogP contribution in [0.5, 0.6) is 0 Å². The summed E-state index contributed by atoms with van der Waals surface area (Å²) in [5.74, 6) is 1.38. The molecule has 0 spiro atoms. The Bertz CT molecular complexity index is 492. The van der Waals surface area contributed by atoms with Gasteiger partial charge in [-0.1, -0.05) is 25.7 Å². The second kappa shape index (κ2) is 11.6. The van der Waals surface area contributed by atoms with Crippen molar-refractivity contribution in [3.05, 3.63) is 0 Å². The second-order valence-electron chi connectivity index (χ2n) is 8.16. The molecule has 160 valence electrons. The molecule has 7 nitrogen and oxygen atoms in total. The van der Waals surface area contributed by atoms with Gasteiger partial charge < -0.3 is 24.6 Å². The van der Waals surface area contributed by atoms with Gasteiger partial charge in [-0.3, -0.25) is 9.79 Å². The second-order valence-corrected chi connectivity index (χ2v) is 8.16. The van der Waals surface area contributed by atoms with E-state index in [1.165, 1.54) is 38.5 Å². The van der Waals surface area contributed by atoms with Gasteiger partial charge in [0, 0.05) is 45.7 Å². The maximum Gasteiger partial charge on any atom is 0.225 e. The lowest BCUT2D eigenvalue weighted by atomic mass is 9.95. The van der Waals surface area contributed by atoms with Crippen LogP contribution in [0.1, 0.15) is 51.4 Å². The Morgan fingerprint density at radius 3 is 2.32 bits per heavy atom. The monoisotopic (exact) mass is 394 g/mol. The molecular weight excluding hydrogens is 356 g/mol. The fraction of sp³-hybridized carbons (Fsp3) is 0.905. The van der Waals surface area contributed by atoms with Crippen LogP contribution in [0.25, 0.3) is 0 Å². The van der Waals surface area contributed by atoms with Crippen molar-refractivity contribution in [2.24, 2.45) is 10.9 Å². The average molecular weight is 395 g/mol. The van der Waals surface area contributed by atoms with Crippen LogP contribution >= 0.6 is 0 Å². The normalized spacial score (nSPS) is 23.5. The number of piperidine rings is 1. The van der Waals surface area contributed by atoms with Crippen molar-refractivity contribution in [2.45, 2.75) is 57.5 Å². The number of amides is 1. The van der Waals surface area contributed by atoms with Gasteiger partial charge in [0.25, 0.3) is 0 Å². The van der Waals surface area contributed by atoms with E-state index in [4.69, 9.17) is 9.47 Å². The highest BCUT2D eigenvalue weighted by Gasteiger charge is 2.30. The predicted octanol–water partition coefficient (Wildman–Crippen LogP) is 1.87. The Balaban J connectivity index is 1.34. The number of hydrogen-bond acceptors (Lipinski definition) is 4. The van der Waals surface area contributed by atoms with E-state index in [0.717, 1.165) is 58.1 Å².